The highest BCUT2D eigenvalue weighted by Gasteiger charge is 2.17. The standard InChI is InChI=1S/C21H22ClN3O/c1-21(2,3)24-20(26)17-10-15(14-5-7-18(22)8-6-14)9-16(11-17)19-12-23-13-25(19)4/h5-13H,1-4H3,(H,24,26). The third-order valence-corrected chi connectivity index (χ3v) is 4.23. The Bertz CT molecular complexity index is 937. The van der Waals surface area contributed by atoms with E-state index in [1.807, 2.05) is 68.8 Å². The summed E-state index contributed by atoms with van der Waals surface area (Å²) < 4.78 is 1.94. The number of carbonyl (C=O) groups excluding carboxylic acids is 1. The van der Waals surface area contributed by atoms with Gasteiger partial charge in [0.2, 0.25) is 0 Å². The van der Waals surface area contributed by atoms with Crippen LogP contribution in [0, 0.1) is 0 Å². The lowest BCUT2D eigenvalue weighted by Crippen LogP contribution is -2.40. The van der Waals surface area contributed by atoms with Crippen molar-refractivity contribution in [2.45, 2.75) is 26.3 Å². The first kappa shape index (κ1) is 18.2. The molecule has 0 bridgehead atoms. The summed E-state index contributed by atoms with van der Waals surface area (Å²) >= 11 is 6.01. The molecular weight excluding hydrogens is 346 g/mol. The molecule has 0 aliphatic rings. The van der Waals surface area contributed by atoms with Gasteiger partial charge in [0.1, 0.15) is 0 Å². The van der Waals surface area contributed by atoms with Crippen LogP contribution in [0.2, 0.25) is 5.02 Å². The summed E-state index contributed by atoms with van der Waals surface area (Å²) in [5.41, 5.74) is 4.16. The van der Waals surface area contributed by atoms with Crippen LogP contribution in [0.4, 0.5) is 0 Å². The van der Waals surface area contributed by atoms with Crippen LogP contribution in [0.25, 0.3) is 22.4 Å². The predicted molar refractivity (Wildman–Crippen MR) is 106 cm³/mol. The van der Waals surface area contributed by atoms with Gasteiger partial charge in [-0.15, -0.1) is 0 Å². The van der Waals surface area contributed by atoms with E-state index in [9.17, 15) is 4.79 Å². The van der Waals surface area contributed by atoms with Crippen molar-refractivity contribution < 1.29 is 4.79 Å². The highest BCUT2D eigenvalue weighted by molar-refractivity contribution is 6.30. The summed E-state index contributed by atoms with van der Waals surface area (Å²) in [6.07, 6.45) is 3.55. The summed E-state index contributed by atoms with van der Waals surface area (Å²) in [5.74, 6) is -0.100. The Labute approximate surface area is 158 Å². The minimum absolute atomic E-state index is 0.100. The number of carbonyl (C=O) groups is 1. The summed E-state index contributed by atoms with van der Waals surface area (Å²) in [4.78, 5) is 16.9. The maximum absolute atomic E-state index is 12.8. The number of hydrogen-bond donors (Lipinski definition) is 1. The number of imidazole rings is 1. The molecule has 0 aliphatic carbocycles. The number of hydrogen-bond acceptors (Lipinski definition) is 2. The van der Waals surface area contributed by atoms with Crippen LogP contribution in [-0.2, 0) is 7.05 Å². The molecule has 1 heterocycles. The second kappa shape index (κ2) is 6.96. The predicted octanol–water partition coefficient (Wildman–Crippen LogP) is 4.94. The van der Waals surface area contributed by atoms with Crippen LogP contribution in [0.5, 0.6) is 0 Å². The lowest BCUT2D eigenvalue weighted by molar-refractivity contribution is 0.0919. The molecule has 1 amide bonds. The summed E-state index contributed by atoms with van der Waals surface area (Å²) in [7, 11) is 1.94. The van der Waals surface area contributed by atoms with E-state index >= 15 is 0 Å². The SMILES string of the molecule is Cn1cncc1-c1cc(C(=O)NC(C)(C)C)cc(-c2ccc(Cl)cc2)c1. The number of aromatic nitrogens is 2. The van der Waals surface area contributed by atoms with E-state index in [4.69, 9.17) is 11.6 Å². The van der Waals surface area contributed by atoms with Gasteiger partial charge in [-0.2, -0.15) is 0 Å². The molecule has 1 N–H and O–H groups in total. The number of aryl methyl sites for hydroxylation is 1. The molecule has 0 radical (unpaired) electrons. The molecule has 4 nitrogen and oxygen atoms in total. The number of benzene rings is 2. The highest BCUT2D eigenvalue weighted by Crippen LogP contribution is 2.29. The minimum atomic E-state index is -0.306. The van der Waals surface area contributed by atoms with E-state index in [1.54, 1.807) is 12.5 Å². The lowest BCUT2D eigenvalue weighted by Gasteiger charge is -2.21. The summed E-state index contributed by atoms with van der Waals surface area (Å²) in [6, 6.07) is 13.5. The van der Waals surface area contributed by atoms with Crippen LogP contribution in [-0.4, -0.2) is 21.0 Å². The van der Waals surface area contributed by atoms with Crippen molar-refractivity contribution in [1.82, 2.24) is 14.9 Å². The molecule has 5 heteroatoms. The first-order chi connectivity index (χ1) is 12.2. The molecule has 0 saturated heterocycles. The molecule has 0 atom stereocenters. The van der Waals surface area contributed by atoms with Crippen molar-refractivity contribution in [2.24, 2.45) is 7.05 Å². The van der Waals surface area contributed by atoms with Crippen LogP contribution < -0.4 is 5.32 Å². The Kier molecular flexibility index (Phi) is 4.88. The molecule has 0 saturated carbocycles. The Morgan fingerprint density at radius 3 is 2.27 bits per heavy atom. The second-order valence-corrected chi connectivity index (χ2v) is 7.84. The second-order valence-electron chi connectivity index (χ2n) is 7.40. The maximum atomic E-state index is 12.8. The van der Waals surface area contributed by atoms with E-state index in [0.717, 1.165) is 22.4 Å². The molecule has 1 aromatic heterocycles. The summed E-state index contributed by atoms with van der Waals surface area (Å²) in [5, 5.41) is 3.71. The van der Waals surface area contributed by atoms with Gasteiger partial charge in [-0.25, -0.2) is 4.98 Å². The molecule has 3 aromatic rings. The lowest BCUT2D eigenvalue weighted by atomic mass is 9.97. The fraction of sp³-hybridized carbons (Fsp3) is 0.238. The van der Waals surface area contributed by atoms with Crippen molar-refractivity contribution in [2.75, 3.05) is 0 Å². The van der Waals surface area contributed by atoms with Gasteiger partial charge in [-0.05, 0) is 62.2 Å². The van der Waals surface area contributed by atoms with E-state index in [0.29, 0.717) is 10.6 Å². The average Bonchev–Trinajstić information content (AvgIpc) is 2.99. The molecule has 26 heavy (non-hydrogen) atoms. The van der Waals surface area contributed by atoms with Crippen LogP contribution in [0.15, 0.2) is 55.0 Å². The van der Waals surface area contributed by atoms with Gasteiger partial charge in [0, 0.05) is 28.7 Å². The van der Waals surface area contributed by atoms with Gasteiger partial charge in [-0.3, -0.25) is 4.79 Å². The monoisotopic (exact) mass is 367 g/mol. The molecule has 134 valence electrons. The fourth-order valence-corrected chi connectivity index (χ4v) is 2.89. The zero-order valence-corrected chi connectivity index (χ0v) is 16.1. The molecular formula is C21H22ClN3O. The van der Waals surface area contributed by atoms with Gasteiger partial charge < -0.3 is 9.88 Å². The normalized spacial score (nSPS) is 11.4. The quantitative estimate of drug-likeness (QED) is 0.713. The van der Waals surface area contributed by atoms with Gasteiger partial charge in [0.25, 0.3) is 5.91 Å². The third kappa shape index (κ3) is 4.14. The number of nitrogens with zero attached hydrogens (tertiary/aromatic N) is 2. The van der Waals surface area contributed by atoms with Crippen LogP contribution in [0.3, 0.4) is 0 Å². The molecule has 3 rings (SSSR count). The smallest absolute Gasteiger partial charge is 0.251 e. The van der Waals surface area contributed by atoms with Crippen molar-refractivity contribution >= 4 is 17.5 Å². The molecule has 0 unspecified atom stereocenters. The Morgan fingerprint density at radius 1 is 1.04 bits per heavy atom. The van der Waals surface area contributed by atoms with Gasteiger partial charge in [0.15, 0.2) is 0 Å². The molecule has 0 aliphatic heterocycles. The third-order valence-electron chi connectivity index (χ3n) is 3.97. The van der Waals surface area contributed by atoms with Crippen molar-refractivity contribution in [1.29, 1.82) is 0 Å². The topological polar surface area (TPSA) is 46.9 Å². The van der Waals surface area contributed by atoms with E-state index in [2.05, 4.69) is 16.4 Å². The molecule has 0 fully saturated rings. The minimum Gasteiger partial charge on any atom is -0.347 e. The zero-order chi connectivity index (χ0) is 18.9. The largest absolute Gasteiger partial charge is 0.347 e. The number of halogens is 1. The average molecular weight is 368 g/mol. The van der Waals surface area contributed by atoms with Gasteiger partial charge in [-0.1, -0.05) is 23.7 Å². The first-order valence-corrected chi connectivity index (χ1v) is 8.81. The Balaban J connectivity index is 2.12. The summed E-state index contributed by atoms with van der Waals surface area (Å²) in [6.45, 7) is 5.90. The highest BCUT2D eigenvalue weighted by atomic mass is 35.5. The number of rotatable bonds is 3. The van der Waals surface area contributed by atoms with Gasteiger partial charge in [0.05, 0.1) is 18.2 Å². The molecule has 2 aromatic carbocycles. The van der Waals surface area contributed by atoms with E-state index in [-0.39, 0.29) is 11.4 Å². The zero-order valence-electron chi connectivity index (χ0n) is 15.4. The van der Waals surface area contributed by atoms with Gasteiger partial charge >= 0.3 is 0 Å². The molecule has 0 spiro atoms. The number of nitrogens with one attached hydrogen (secondary N) is 1. The Morgan fingerprint density at radius 2 is 1.69 bits per heavy atom. The van der Waals surface area contributed by atoms with Crippen LogP contribution >= 0.6 is 11.6 Å². The maximum Gasteiger partial charge on any atom is 0.251 e. The fourth-order valence-electron chi connectivity index (χ4n) is 2.76. The van der Waals surface area contributed by atoms with E-state index < -0.39 is 0 Å². The van der Waals surface area contributed by atoms with E-state index in [1.165, 1.54) is 0 Å². The van der Waals surface area contributed by atoms with Crippen molar-refractivity contribution in [3.63, 3.8) is 0 Å². The first-order valence-electron chi connectivity index (χ1n) is 8.43. The number of amides is 1. The Hall–Kier alpha value is -2.59. The van der Waals surface area contributed by atoms with Crippen LogP contribution in [0.1, 0.15) is 31.1 Å². The van der Waals surface area contributed by atoms with Crippen molar-refractivity contribution in [3.8, 4) is 22.4 Å². The van der Waals surface area contributed by atoms with Crippen molar-refractivity contribution in [3.05, 3.63) is 65.6 Å².